The van der Waals surface area contributed by atoms with Gasteiger partial charge in [0.05, 0.1) is 4.90 Å². The molecule has 1 aromatic carbocycles. The Balaban J connectivity index is 1.86. The molecule has 2 fully saturated rings. The summed E-state index contributed by atoms with van der Waals surface area (Å²) in [5.74, 6) is 0.633. The number of rotatable bonds is 3. The van der Waals surface area contributed by atoms with Gasteiger partial charge in [0.15, 0.2) is 0 Å². The molecule has 21 heavy (non-hydrogen) atoms. The van der Waals surface area contributed by atoms with E-state index in [1.165, 1.54) is 6.42 Å². The molecule has 2 saturated carbocycles. The number of fused-ring (bicyclic) bond motifs is 2. The zero-order valence-corrected chi connectivity index (χ0v) is 14.1. The molecule has 4 heteroatoms. The zero-order chi connectivity index (χ0) is 15.5. The minimum atomic E-state index is -3.42. The average molecular weight is 307 g/mol. The first-order valence-corrected chi connectivity index (χ1v) is 9.24. The molecule has 0 unspecified atom stereocenters. The van der Waals surface area contributed by atoms with Gasteiger partial charge in [0.25, 0.3) is 0 Å². The topological polar surface area (TPSA) is 46.2 Å². The second-order valence-electron chi connectivity index (χ2n) is 7.60. The van der Waals surface area contributed by atoms with Crippen molar-refractivity contribution in [3.8, 4) is 0 Å². The number of sulfonamides is 1. The lowest BCUT2D eigenvalue weighted by molar-refractivity contribution is 0.130. The first-order valence-electron chi connectivity index (χ1n) is 7.76. The molecule has 2 aliphatic rings. The minimum Gasteiger partial charge on any atom is -0.207 e. The van der Waals surface area contributed by atoms with Gasteiger partial charge in [-0.2, -0.15) is 0 Å². The summed E-state index contributed by atoms with van der Waals surface area (Å²) in [5.41, 5.74) is 1.35. The van der Waals surface area contributed by atoms with Crippen LogP contribution in [0.1, 0.15) is 45.6 Å². The molecule has 2 bridgehead atoms. The summed E-state index contributed by atoms with van der Waals surface area (Å²) in [6.07, 6.45) is 3.31. The summed E-state index contributed by atoms with van der Waals surface area (Å²) in [6, 6.07) is 7.14. The molecule has 3 atom stereocenters. The molecule has 2 aliphatic carbocycles. The van der Waals surface area contributed by atoms with Crippen LogP contribution >= 0.6 is 0 Å². The molecule has 0 saturated heterocycles. The van der Waals surface area contributed by atoms with Gasteiger partial charge in [-0.05, 0) is 55.1 Å². The van der Waals surface area contributed by atoms with Gasteiger partial charge in [-0.15, -0.1) is 0 Å². The second kappa shape index (κ2) is 4.56. The lowest BCUT2D eigenvalue weighted by Crippen LogP contribution is -2.46. The highest BCUT2D eigenvalue weighted by Gasteiger charge is 2.61. The zero-order valence-electron chi connectivity index (χ0n) is 13.3. The smallest absolute Gasteiger partial charge is 0.207 e. The SMILES string of the molecule is Cc1ccc(S(=O)(=O)N[C@@H]2C[C@@H]3CC[C@]2(C)C3(C)C)cc1. The Morgan fingerprint density at radius 3 is 2.24 bits per heavy atom. The van der Waals surface area contributed by atoms with Crippen LogP contribution in [0.4, 0.5) is 0 Å². The van der Waals surface area contributed by atoms with Gasteiger partial charge in [-0.3, -0.25) is 0 Å². The van der Waals surface area contributed by atoms with Crippen LogP contribution in [-0.4, -0.2) is 14.5 Å². The Labute approximate surface area is 128 Å². The van der Waals surface area contributed by atoms with E-state index in [0.717, 1.165) is 18.4 Å². The van der Waals surface area contributed by atoms with Crippen molar-refractivity contribution >= 4 is 10.0 Å². The molecule has 0 spiro atoms. The Hall–Kier alpha value is -0.870. The van der Waals surface area contributed by atoms with Gasteiger partial charge in [0.2, 0.25) is 10.0 Å². The van der Waals surface area contributed by atoms with Gasteiger partial charge < -0.3 is 0 Å². The van der Waals surface area contributed by atoms with Gasteiger partial charge in [0.1, 0.15) is 0 Å². The standard InChI is InChI=1S/C17H25NO2S/c1-12-5-7-14(8-6-12)21(19,20)18-15-11-13-9-10-17(15,4)16(13,2)3/h5-8,13,15,18H,9-11H2,1-4H3/t13-,15+,17-/m0/s1. The second-order valence-corrected chi connectivity index (χ2v) is 9.31. The lowest BCUT2D eigenvalue weighted by Gasteiger charge is -2.39. The van der Waals surface area contributed by atoms with Gasteiger partial charge >= 0.3 is 0 Å². The molecule has 3 rings (SSSR count). The number of hydrogen-bond donors (Lipinski definition) is 1. The summed E-state index contributed by atoms with van der Waals surface area (Å²) in [4.78, 5) is 0.372. The first-order chi connectivity index (χ1) is 9.67. The predicted molar refractivity (Wildman–Crippen MR) is 84.5 cm³/mol. The summed E-state index contributed by atoms with van der Waals surface area (Å²) in [6.45, 7) is 8.81. The van der Waals surface area contributed by atoms with Crippen LogP contribution in [0.15, 0.2) is 29.2 Å². The fourth-order valence-electron chi connectivity index (χ4n) is 4.35. The molecule has 3 nitrogen and oxygen atoms in total. The van der Waals surface area contributed by atoms with Crippen LogP contribution in [0.5, 0.6) is 0 Å². The third kappa shape index (κ3) is 2.15. The monoisotopic (exact) mass is 307 g/mol. The van der Waals surface area contributed by atoms with E-state index in [4.69, 9.17) is 0 Å². The van der Waals surface area contributed by atoms with E-state index in [1.807, 2.05) is 19.1 Å². The largest absolute Gasteiger partial charge is 0.240 e. The number of benzene rings is 1. The Morgan fingerprint density at radius 2 is 1.76 bits per heavy atom. The predicted octanol–water partition coefficient (Wildman–Crippen LogP) is 3.49. The fourth-order valence-corrected chi connectivity index (χ4v) is 5.72. The van der Waals surface area contributed by atoms with Crippen molar-refractivity contribution in [2.45, 2.75) is 57.9 Å². The Bertz CT molecular complexity index is 648. The van der Waals surface area contributed by atoms with E-state index >= 15 is 0 Å². The van der Waals surface area contributed by atoms with Crippen LogP contribution < -0.4 is 4.72 Å². The fraction of sp³-hybridized carbons (Fsp3) is 0.647. The normalized spacial score (nSPS) is 34.3. The maximum atomic E-state index is 12.6. The van der Waals surface area contributed by atoms with Crippen molar-refractivity contribution in [3.63, 3.8) is 0 Å². The summed E-state index contributed by atoms with van der Waals surface area (Å²) >= 11 is 0. The highest BCUT2D eigenvalue weighted by atomic mass is 32.2. The molecule has 0 amide bonds. The number of aryl methyl sites for hydroxylation is 1. The number of hydrogen-bond acceptors (Lipinski definition) is 2. The molecule has 0 aromatic heterocycles. The van der Waals surface area contributed by atoms with E-state index < -0.39 is 10.0 Å². The van der Waals surface area contributed by atoms with Gasteiger partial charge in [-0.1, -0.05) is 38.5 Å². The van der Waals surface area contributed by atoms with E-state index in [1.54, 1.807) is 12.1 Å². The van der Waals surface area contributed by atoms with Crippen molar-refractivity contribution in [1.82, 2.24) is 4.72 Å². The van der Waals surface area contributed by atoms with E-state index in [0.29, 0.717) is 10.8 Å². The van der Waals surface area contributed by atoms with Crippen LogP contribution in [0, 0.1) is 23.7 Å². The molecular weight excluding hydrogens is 282 g/mol. The van der Waals surface area contributed by atoms with Crippen molar-refractivity contribution < 1.29 is 8.42 Å². The van der Waals surface area contributed by atoms with Crippen LogP contribution in [0.25, 0.3) is 0 Å². The van der Waals surface area contributed by atoms with Gasteiger partial charge in [0, 0.05) is 6.04 Å². The van der Waals surface area contributed by atoms with Crippen molar-refractivity contribution in [3.05, 3.63) is 29.8 Å². The molecule has 0 radical (unpaired) electrons. The molecule has 1 N–H and O–H groups in total. The minimum absolute atomic E-state index is 0.0533. The highest BCUT2D eigenvalue weighted by Crippen LogP contribution is 2.65. The van der Waals surface area contributed by atoms with Crippen molar-refractivity contribution in [1.29, 1.82) is 0 Å². The summed E-state index contributed by atoms with van der Waals surface area (Å²) in [7, 11) is -3.42. The molecule has 1 aromatic rings. The molecule has 0 aliphatic heterocycles. The summed E-state index contributed by atoms with van der Waals surface area (Å²) < 4.78 is 28.2. The van der Waals surface area contributed by atoms with E-state index in [2.05, 4.69) is 25.5 Å². The maximum absolute atomic E-state index is 12.6. The Kier molecular flexibility index (Phi) is 3.27. The molecule has 116 valence electrons. The number of nitrogens with one attached hydrogen (secondary N) is 1. The Morgan fingerprint density at radius 1 is 1.14 bits per heavy atom. The van der Waals surface area contributed by atoms with Crippen LogP contribution in [0.3, 0.4) is 0 Å². The molecular formula is C17H25NO2S. The van der Waals surface area contributed by atoms with Gasteiger partial charge in [-0.25, -0.2) is 13.1 Å². The average Bonchev–Trinajstić information content (AvgIpc) is 2.72. The van der Waals surface area contributed by atoms with E-state index in [-0.39, 0.29) is 16.9 Å². The van der Waals surface area contributed by atoms with Crippen LogP contribution in [-0.2, 0) is 10.0 Å². The highest BCUT2D eigenvalue weighted by molar-refractivity contribution is 7.89. The maximum Gasteiger partial charge on any atom is 0.240 e. The van der Waals surface area contributed by atoms with Crippen molar-refractivity contribution in [2.75, 3.05) is 0 Å². The van der Waals surface area contributed by atoms with Crippen molar-refractivity contribution in [2.24, 2.45) is 16.7 Å². The van der Waals surface area contributed by atoms with E-state index in [9.17, 15) is 8.42 Å². The quantitative estimate of drug-likeness (QED) is 0.929. The third-order valence-electron chi connectivity index (χ3n) is 6.42. The lowest BCUT2D eigenvalue weighted by atomic mass is 9.69. The molecule has 0 heterocycles. The summed E-state index contributed by atoms with van der Waals surface area (Å²) in [5, 5.41) is 0. The van der Waals surface area contributed by atoms with Crippen LogP contribution in [0.2, 0.25) is 0 Å². The third-order valence-corrected chi connectivity index (χ3v) is 7.91. The first kappa shape index (κ1) is 15.0.